The molecule has 0 radical (unpaired) electrons. The van der Waals surface area contributed by atoms with Crippen LogP contribution in [0.1, 0.15) is 5.56 Å². The molecule has 0 aliphatic heterocycles. The molecule has 0 bridgehead atoms. The maximum absolute atomic E-state index is 6.17. The molecule has 0 saturated carbocycles. The van der Waals surface area contributed by atoms with Crippen molar-refractivity contribution in [3.8, 4) is 5.75 Å². The molecule has 4 nitrogen and oxygen atoms in total. The summed E-state index contributed by atoms with van der Waals surface area (Å²) in [7, 11) is 1.65. The number of anilines is 1. The standard InChI is InChI=1S/C15H14ClN3OS/c1-20-11-4-5-13-14(7-11)19-15(18-13)21-8-9-2-3-10(17)6-12(9)16/h2-7H,8,17H2,1H3,(H,18,19). The SMILES string of the molecule is COc1ccc2nc(SCc3ccc(N)cc3Cl)[nH]c2c1. The zero-order chi connectivity index (χ0) is 14.8. The second kappa shape index (κ2) is 5.87. The molecule has 6 heteroatoms. The smallest absolute Gasteiger partial charge is 0.166 e. The fourth-order valence-electron chi connectivity index (χ4n) is 1.99. The van der Waals surface area contributed by atoms with Gasteiger partial charge in [0.15, 0.2) is 5.16 Å². The highest BCUT2D eigenvalue weighted by atomic mass is 35.5. The van der Waals surface area contributed by atoms with Crippen LogP contribution in [0.2, 0.25) is 5.02 Å². The maximum Gasteiger partial charge on any atom is 0.166 e. The summed E-state index contributed by atoms with van der Waals surface area (Å²) < 4.78 is 5.20. The van der Waals surface area contributed by atoms with Gasteiger partial charge in [0.1, 0.15) is 5.75 Å². The van der Waals surface area contributed by atoms with E-state index in [9.17, 15) is 0 Å². The molecule has 0 aliphatic carbocycles. The number of nitrogens with one attached hydrogen (secondary N) is 1. The Hall–Kier alpha value is -1.85. The van der Waals surface area contributed by atoms with Gasteiger partial charge in [0, 0.05) is 22.5 Å². The number of benzene rings is 2. The monoisotopic (exact) mass is 319 g/mol. The molecule has 3 rings (SSSR count). The number of ether oxygens (including phenoxy) is 1. The first-order chi connectivity index (χ1) is 10.2. The van der Waals surface area contributed by atoms with Gasteiger partial charge in [-0.15, -0.1) is 0 Å². The minimum Gasteiger partial charge on any atom is -0.497 e. The quantitative estimate of drug-likeness (QED) is 0.561. The van der Waals surface area contributed by atoms with Crippen molar-refractivity contribution in [2.75, 3.05) is 12.8 Å². The molecule has 2 aromatic carbocycles. The largest absolute Gasteiger partial charge is 0.497 e. The molecule has 21 heavy (non-hydrogen) atoms. The number of aromatic nitrogens is 2. The Balaban J connectivity index is 1.78. The van der Waals surface area contributed by atoms with Gasteiger partial charge >= 0.3 is 0 Å². The van der Waals surface area contributed by atoms with Gasteiger partial charge in [0.05, 0.1) is 18.1 Å². The van der Waals surface area contributed by atoms with Crippen LogP contribution in [0.3, 0.4) is 0 Å². The molecule has 108 valence electrons. The molecule has 0 saturated heterocycles. The number of fused-ring (bicyclic) bond motifs is 1. The highest BCUT2D eigenvalue weighted by Gasteiger charge is 2.07. The zero-order valence-corrected chi connectivity index (χ0v) is 13.0. The van der Waals surface area contributed by atoms with Crippen molar-refractivity contribution in [2.24, 2.45) is 0 Å². The molecule has 1 heterocycles. The van der Waals surface area contributed by atoms with Gasteiger partial charge in [-0.3, -0.25) is 0 Å². The Kier molecular flexibility index (Phi) is 3.94. The van der Waals surface area contributed by atoms with Crippen LogP contribution in [0.4, 0.5) is 5.69 Å². The van der Waals surface area contributed by atoms with Crippen molar-refractivity contribution in [3.63, 3.8) is 0 Å². The number of imidazole rings is 1. The number of halogens is 1. The minimum absolute atomic E-state index is 0.671. The van der Waals surface area contributed by atoms with Crippen LogP contribution in [0, 0.1) is 0 Å². The lowest BCUT2D eigenvalue weighted by Gasteiger charge is -2.03. The minimum atomic E-state index is 0.671. The highest BCUT2D eigenvalue weighted by molar-refractivity contribution is 7.98. The van der Waals surface area contributed by atoms with Gasteiger partial charge in [-0.1, -0.05) is 29.4 Å². The Morgan fingerprint density at radius 3 is 2.90 bits per heavy atom. The number of aromatic amines is 1. The van der Waals surface area contributed by atoms with Crippen molar-refractivity contribution in [1.29, 1.82) is 0 Å². The van der Waals surface area contributed by atoms with Crippen molar-refractivity contribution in [1.82, 2.24) is 9.97 Å². The number of H-pyrrole nitrogens is 1. The van der Waals surface area contributed by atoms with Crippen molar-refractivity contribution in [2.45, 2.75) is 10.9 Å². The third-order valence-electron chi connectivity index (χ3n) is 3.11. The van der Waals surface area contributed by atoms with Crippen molar-refractivity contribution in [3.05, 3.63) is 47.0 Å². The Labute approximate surface area is 131 Å². The van der Waals surface area contributed by atoms with Gasteiger partial charge in [0.25, 0.3) is 0 Å². The predicted molar refractivity (Wildman–Crippen MR) is 88.1 cm³/mol. The summed E-state index contributed by atoms with van der Waals surface area (Å²) in [5.74, 6) is 1.54. The lowest BCUT2D eigenvalue weighted by molar-refractivity contribution is 0.415. The van der Waals surface area contributed by atoms with E-state index >= 15 is 0 Å². The number of nitrogens with two attached hydrogens (primary N) is 1. The fraction of sp³-hybridized carbons (Fsp3) is 0.133. The summed E-state index contributed by atoms with van der Waals surface area (Å²) in [5.41, 5.74) is 9.28. The third kappa shape index (κ3) is 3.09. The first-order valence-corrected chi connectivity index (χ1v) is 7.72. The second-order valence-electron chi connectivity index (χ2n) is 4.56. The molecule has 3 aromatic rings. The molecule has 3 N–H and O–H groups in total. The zero-order valence-electron chi connectivity index (χ0n) is 11.4. The number of methoxy groups -OCH3 is 1. The normalized spacial score (nSPS) is 11.0. The summed E-state index contributed by atoms with van der Waals surface area (Å²) in [6.45, 7) is 0. The Morgan fingerprint density at radius 1 is 1.29 bits per heavy atom. The number of hydrogen-bond donors (Lipinski definition) is 2. The van der Waals surface area contributed by atoms with Gasteiger partial charge in [-0.25, -0.2) is 4.98 Å². The van der Waals surface area contributed by atoms with Gasteiger partial charge < -0.3 is 15.5 Å². The number of hydrogen-bond acceptors (Lipinski definition) is 4. The Bertz CT molecular complexity index is 788. The molecule has 0 unspecified atom stereocenters. The topological polar surface area (TPSA) is 63.9 Å². The second-order valence-corrected chi connectivity index (χ2v) is 5.94. The van der Waals surface area contributed by atoms with Crippen LogP contribution >= 0.6 is 23.4 Å². The molecule has 1 aromatic heterocycles. The van der Waals surface area contributed by atoms with Crippen LogP contribution in [0.25, 0.3) is 11.0 Å². The van der Waals surface area contributed by atoms with Crippen LogP contribution in [-0.4, -0.2) is 17.1 Å². The van der Waals surface area contributed by atoms with E-state index in [1.165, 1.54) is 0 Å². The van der Waals surface area contributed by atoms with Gasteiger partial charge in [-0.2, -0.15) is 0 Å². The van der Waals surface area contributed by atoms with E-state index in [1.807, 2.05) is 30.3 Å². The summed E-state index contributed by atoms with van der Waals surface area (Å²) >= 11 is 7.77. The van der Waals surface area contributed by atoms with Crippen molar-refractivity contribution >= 4 is 40.1 Å². The fourth-order valence-corrected chi connectivity index (χ4v) is 3.21. The predicted octanol–water partition coefficient (Wildman–Crippen LogP) is 4.10. The summed E-state index contributed by atoms with van der Waals surface area (Å²) in [4.78, 5) is 7.81. The molecule has 0 spiro atoms. The summed E-state index contributed by atoms with van der Waals surface area (Å²) in [6.07, 6.45) is 0. The molecular weight excluding hydrogens is 306 g/mol. The van der Waals surface area contributed by atoms with Crippen LogP contribution in [-0.2, 0) is 5.75 Å². The van der Waals surface area contributed by atoms with E-state index in [0.29, 0.717) is 10.7 Å². The number of nitrogens with zero attached hydrogens (tertiary/aromatic N) is 1. The number of thioether (sulfide) groups is 1. The molecule has 0 atom stereocenters. The van der Waals surface area contributed by atoms with Gasteiger partial charge in [0.2, 0.25) is 0 Å². The van der Waals surface area contributed by atoms with Crippen molar-refractivity contribution < 1.29 is 4.74 Å². The molecule has 0 amide bonds. The highest BCUT2D eigenvalue weighted by Crippen LogP contribution is 2.28. The first kappa shape index (κ1) is 14.1. The molecule has 0 fully saturated rings. The van der Waals surface area contributed by atoms with Crippen LogP contribution in [0.15, 0.2) is 41.6 Å². The van der Waals surface area contributed by atoms with E-state index in [4.69, 9.17) is 22.1 Å². The van der Waals surface area contributed by atoms with Gasteiger partial charge in [-0.05, 0) is 29.8 Å². The average Bonchev–Trinajstić information content (AvgIpc) is 2.88. The molecule has 0 aliphatic rings. The van der Waals surface area contributed by atoms with E-state index in [2.05, 4.69) is 9.97 Å². The average molecular weight is 320 g/mol. The molecular formula is C15H14ClN3OS. The summed E-state index contributed by atoms with van der Waals surface area (Å²) in [6, 6.07) is 11.3. The lowest BCUT2D eigenvalue weighted by atomic mass is 10.2. The van der Waals surface area contributed by atoms with E-state index in [1.54, 1.807) is 24.9 Å². The van der Waals surface area contributed by atoms with Crippen LogP contribution in [0.5, 0.6) is 5.75 Å². The Morgan fingerprint density at radius 2 is 2.14 bits per heavy atom. The van der Waals surface area contributed by atoms with E-state index in [0.717, 1.165) is 33.3 Å². The lowest BCUT2D eigenvalue weighted by Crippen LogP contribution is -1.88. The van der Waals surface area contributed by atoms with Crippen LogP contribution < -0.4 is 10.5 Å². The summed E-state index contributed by atoms with van der Waals surface area (Å²) in [5, 5.41) is 1.53. The number of nitrogen functional groups attached to an aromatic ring is 1. The van der Waals surface area contributed by atoms with E-state index in [-0.39, 0.29) is 0 Å². The third-order valence-corrected chi connectivity index (χ3v) is 4.38. The van der Waals surface area contributed by atoms with E-state index < -0.39 is 0 Å². The first-order valence-electron chi connectivity index (χ1n) is 6.36. The number of rotatable bonds is 4. The maximum atomic E-state index is 6.17.